The normalized spacial score (nSPS) is 11.4. The molecule has 0 fully saturated rings. The number of guanidine groups is 1. The van der Waals surface area contributed by atoms with Crippen LogP contribution in [0.5, 0.6) is 5.75 Å². The van der Waals surface area contributed by atoms with Crippen molar-refractivity contribution in [3.8, 4) is 17.6 Å². The first-order valence-electron chi connectivity index (χ1n) is 8.16. The Morgan fingerprint density at radius 1 is 1.11 bits per heavy atom. The standard InChI is InChI=1S/C20H20F3N3O/c1-24-19(26-14-16-7-4-10-18(13-16)27-2)25-11-5-8-15-6-3-9-17(12-15)20(21,22)23/h3-4,6-7,9-10,12-13H,11,14H2,1-2H3,(H2,24,25,26). The van der Waals surface area contributed by atoms with Crippen molar-refractivity contribution in [2.24, 2.45) is 4.99 Å². The van der Waals surface area contributed by atoms with E-state index in [2.05, 4.69) is 27.5 Å². The van der Waals surface area contributed by atoms with Crippen molar-refractivity contribution in [2.75, 3.05) is 20.7 Å². The number of ether oxygens (including phenoxy) is 1. The molecule has 0 atom stereocenters. The lowest BCUT2D eigenvalue weighted by atomic mass is 10.1. The third kappa shape index (κ3) is 6.59. The van der Waals surface area contributed by atoms with Crippen LogP contribution in [0.3, 0.4) is 0 Å². The lowest BCUT2D eigenvalue weighted by molar-refractivity contribution is -0.137. The predicted molar refractivity (Wildman–Crippen MR) is 99.5 cm³/mol. The highest BCUT2D eigenvalue weighted by atomic mass is 19.4. The van der Waals surface area contributed by atoms with Crippen molar-refractivity contribution in [3.05, 3.63) is 65.2 Å². The highest BCUT2D eigenvalue weighted by Crippen LogP contribution is 2.29. The molecule has 142 valence electrons. The number of nitrogens with zero attached hydrogens (tertiary/aromatic N) is 1. The van der Waals surface area contributed by atoms with Gasteiger partial charge in [-0.2, -0.15) is 13.2 Å². The molecule has 2 rings (SSSR count). The second-order valence-electron chi connectivity index (χ2n) is 5.51. The summed E-state index contributed by atoms with van der Waals surface area (Å²) in [5.41, 5.74) is 0.622. The van der Waals surface area contributed by atoms with Crippen molar-refractivity contribution in [3.63, 3.8) is 0 Å². The molecule has 0 bridgehead atoms. The van der Waals surface area contributed by atoms with Crippen LogP contribution in [0, 0.1) is 11.8 Å². The van der Waals surface area contributed by atoms with Crippen LogP contribution in [0.4, 0.5) is 13.2 Å². The molecule has 0 unspecified atom stereocenters. The molecule has 0 radical (unpaired) electrons. The number of methoxy groups -OCH3 is 1. The maximum atomic E-state index is 12.7. The van der Waals surface area contributed by atoms with Crippen molar-refractivity contribution in [1.29, 1.82) is 0 Å². The minimum atomic E-state index is -4.37. The van der Waals surface area contributed by atoms with Gasteiger partial charge in [0.05, 0.1) is 19.2 Å². The number of hydrogen-bond donors (Lipinski definition) is 2. The fourth-order valence-electron chi connectivity index (χ4n) is 2.24. The summed E-state index contributed by atoms with van der Waals surface area (Å²) in [6.07, 6.45) is -4.37. The molecule has 0 saturated carbocycles. The van der Waals surface area contributed by atoms with Crippen molar-refractivity contribution in [1.82, 2.24) is 10.6 Å². The van der Waals surface area contributed by atoms with Crippen LogP contribution in [0.2, 0.25) is 0 Å². The third-order valence-electron chi connectivity index (χ3n) is 3.58. The molecule has 4 nitrogen and oxygen atoms in total. The number of alkyl halides is 3. The number of rotatable bonds is 4. The number of halogens is 3. The first-order chi connectivity index (χ1) is 12.9. The van der Waals surface area contributed by atoms with Gasteiger partial charge in [0.15, 0.2) is 5.96 Å². The monoisotopic (exact) mass is 375 g/mol. The minimum Gasteiger partial charge on any atom is -0.497 e. The molecule has 0 amide bonds. The molecule has 27 heavy (non-hydrogen) atoms. The van der Waals surface area contributed by atoms with Gasteiger partial charge in [-0.1, -0.05) is 30.0 Å². The Bertz CT molecular complexity index is 851. The van der Waals surface area contributed by atoms with E-state index in [9.17, 15) is 13.2 Å². The highest BCUT2D eigenvalue weighted by Gasteiger charge is 2.30. The zero-order chi connectivity index (χ0) is 19.7. The predicted octanol–water partition coefficient (Wildman–Crippen LogP) is 3.43. The molecule has 0 aliphatic rings. The molecule has 0 heterocycles. The second kappa shape index (κ2) is 9.53. The molecule has 0 saturated heterocycles. The molecule has 0 aliphatic heterocycles. The van der Waals surface area contributed by atoms with Gasteiger partial charge in [0.2, 0.25) is 0 Å². The van der Waals surface area contributed by atoms with E-state index >= 15 is 0 Å². The van der Waals surface area contributed by atoms with Crippen molar-refractivity contribution in [2.45, 2.75) is 12.7 Å². The Hall–Kier alpha value is -3.14. The summed E-state index contributed by atoms with van der Waals surface area (Å²) < 4.78 is 43.2. The van der Waals surface area contributed by atoms with Crippen LogP contribution in [-0.4, -0.2) is 26.7 Å². The molecule has 2 N–H and O–H groups in total. The molecule has 2 aromatic rings. The van der Waals surface area contributed by atoms with Crippen molar-refractivity contribution < 1.29 is 17.9 Å². The average molecular weight is 375 g/mol. The van der Waals surface area contributed by atoms with Gasteiger partial charge < -0.3 is 15.4 Å². The summed E-state index contributed by atoms with van der Waals surface area (Å²) in [6, 6.07) is 12.6. The van der Waals surface area contributed by atoms with Crippen LogP contribution in [-0.2, 0) is 12.7 Å². The zero-order valence-electron chi connectivity index (χ0n) is 15.0. The summed E-state index contributed by atoms with van der Waals surface area (Å²) in [4.78, 5) is 4.08. The van der Waals surface area contributed by atoms with E-state index < -0.39 is 11.7 Å². The quantitative estimate of drug-likeness (QED) is 0.489. The Balaban J connectivity index is 1.87. The smallest absolute Gasteiger partial charge is 0.416 e. The van der Waals surface area contributed by atoms with Gasteiger partial charge in [0.1, 0.15) is 5.75 Å². The van der Waals surface area contributed by atoms with Crippen molar-refractivity contribution >= 4 is 5.96 Å². The van der Waals surface area contributed by atoms with Gasteiger partial charge in [0, 0.05) is 19.2 Å². The maximum absolute atomic E-state index is 12.7. The fraction of sp³-hybridized carbons (Fsp3) is 0.250. The minimum absolute atomic E-state index is 0.244. The molecule has 2 aromatic carbocycles. The van der Waals surface area contributed by atoms with E-state index in [1.54, 1.807) is 14.2 Å². The van der Waals surface area contributed by atoms with E-state index in [1.165, 1.54) is 12.1 Å². The molecule has 0 spiro atoms. The summed E-state index contributed by atoms with van der Waals surface area (Å²) >= 11 is 0. The first kappa shape index (κ1) is 20.2. The fourth-order valence-corrected chi connectivity index (χ4v) is 2.24. The van der Waals surface area contributed by atoms with Gasteiger partial charge >= 0.3 is 6.18 Å². The number of aliphatic imine (C=N–C) groups is 1. The van der Waals surface area contributed by atoms with E-state index in [-0.39, 0.29) is 6.54 Å². The van der Waals surface area contributed by atoms with E-state index in [0.29, 0.717) is 18.1 Å². The summed E-state index contributed by atoms with van der Waals surface area (Å²) in [5.74, 6) is 6.81. The van der Waals surface area contributed by atoms with Crippen LogP contribution < -0.4 is 15.4 Å². The Labute approximate surface area is 156 Å². The van der Waals surface area contributed by atoms with Crippen LogP contribution in [0.15, 0.2) is 53.5 Å². The lowest BCUT2D eigenvalue weighted by Gasteiger charge is -2.10. The summed E-state index contributed by atoms with van der Waals surface area (Å²) in [6.45, 7) is 0.784. The SMILES string of the molecule is CN=C(NCC#Cc1cccc(C(F)(F)F)c1)NCc1cccc(OC)c1. The lowest BCUT2D eigenvalue weighted by Crippen LogP contribution is -2.36. The molecular formula is C20H20F3N3O. The number of benzene rings is 2. The Morgan fingerprint density at radius 2 is 1.89 bits per heavy atom. The summed E-state index contributed by atoms with van der Waals surface area (Å²) in [5, 5.41) is 6.13. The van der Waals surface area contributed by atoms with E-state index in [4.69, 9.17) is 4.74 Å². The van der Waals surface area contributed by atoms with E-state index in [0.717, 1.165) is 23.4 Å². The summed E-state index contributed by atoms with van der Waals surface area (Å²) in [7, 11) is 3.23. The Morgan fingerprint density at radius 3 is 2.59 bits per heavy atom. The van der Waals surface area contributed by atoms with E-state index in [1.807, 2.05) is 24.3 Å². The van der Waals surface area contributed by atoms with Crippen LogP contribution in [0.1, 0.15) is 16.7 Å². The van der Waals surface area contributed by atoms with Gasteiger partial charge in [-0.05, 0) is 35.9 Å². The average Bonchev–Trinajstić information content (AvgIpc) is 2.67. The highest BCUT2D eigenvalue weighted by molar-refractivity contribution is 5.79. The zero-order valence-corrected chi connectivity index (χ0v) is 15.0. The molecule has 0 aliphatic carbocycles. The number of hydrogen-bond acceptors (Lipinski definition) is 2. The molecule has 7 heteroatoms. The second-order valence-corrected chi connectivity index (χ2v) is 5.51. The third-order valence-corrected chi connectivity index (χ3v) is 3.58. The molecule has 0 aromatic heterocycles. The van der Waals surface area contributed by atoms with Gasteiger partial charge in [-0.3, -0.25) is 4.99 Å². The van der Waals surface area contributed by atoms with Gasteiger partial charge in [-0.25, -0.2) is 0 Å². The van der Waals surface area contributed by atoms with Gasteiger partial charge in [-0.15, -0.1) is 0 Å². The topological polar surface area (TPSA) is 45.7 Å². The van der Waals surface area contributed by atoms with Gasteiger partial charge in [0.25, 0.3) is 0 Å². The van der Waals surface area contributed by atoms with Crippen LogP contribution >= 0.6 is 0 Å². The van der Waals surface area contributed by atoms with Crippen LogP contribution in [0.25, 0.3) is 0 Å². The maximum Gasteiger partial charge on any atom is 0.416 e. The first-order valence-corrected chi connectivity index (χ1v) is 8.16. The Kier molecular flexibility index (Phi) is 7.12. The number of nitrogens with one attached hydrogen (secondary N) is 2. The molecular weight excluding hydrogens is 355 g/mol. The largest absolute Gasteiger partial charge is 0.497 e.